The molecule has 0 atom stereocenters. The van der Waals surface area contributed by atoms with Crippen LogP contribution in [-0.2, 0) is 9.53 Å². The first-order chi connectivity index (χ1) is 10.2. The zero-order chi connectivity index (χ0) is 14.8. The fraction of sp³-hybridized carbons (Fsp3) is 0.0714. The molecule has 0 aliphatic rings. The Morgan fingerprint density at radius 1 is 1.29 bits per heavy atom. The van der Waals surface area contributed by atoms with E-state index in [4.69, 9.17) is 10.5 Å². The Balaban J connectivity index is 2.26. The third kappa shape index (κ3) is 2.27. The summed E-state index contributed by atoms with van der Waals surface area (Å²) in [6.07, 6.45) is 0. The number of hydrogen-bond donors (Lipinski definition) is 1. The van der Waals surface area contributed by atoms with Crippen LogP contribution < -0.4 is 5.73 Å². The average molecular weight is 300 g/mol. The average Bonchev–Trinajstić information content (AvgIpc) is 3.17. The van der Waals surface area contributed by atoms with Crippen LogP contribution in [0.25, 0.3) is 22.4 Å². The van der Waals surface area contributed by atoms with Crippen molar-refractivity contribution in [2.24, 2.45) is 5.73 Å². The zero-order valence-electron chi connectivity index (χ0n) is 11.2. The molecule has 106 valence electrons. The number of ether oxygens (including phenoxy) is 1. The minimum atomic E-state index is -0.559. The highest BCUT2D eigenvalue weighted by molar-refractivity contribution is 7.11. The van der Waals surface area contributed by atoms with Gasteiger partial charge in [-0.3, -0.25) is 0 Å². The van der Waals surface area contributed by atoms with Crippen LogP contribution in [0.1, 0.15) is 4.88 Å². The van der Waals surface area contributed by atoms with Crippen LogP contribution in [0.3, 0.4) is 0 Å². The highest BCUT2D eigenvalue weighted by Gasteiger charge is 2.21. The lowest BCUT2D eigenvalue weighted by molar-refractivity contribution is -0.134. The summed E-state index contributed by atoms with van der Waals surface area (Å²) in [5.41, 5.74) is 7.99. The van der Waals surface area contributed by atoms with Crippen molar-refractivity contribution in [1.82, 2.24) is 15.0 Å². The standard InChI is InChI=1S/C14H12N4O2S/c1-20-14(19)13(12(15)11-7-4-8-21-11)18-10-6-3-2-5-9(10)16-17-18/h2-8H,15H2,1H3/b13-12+. The van der Waals surface area contributed by atoms with Crippen molar-refractivity contribution in [2.45, 2.75) is 0 Å². The van der Waals surface area contributed by atoms with Crippen molar-refractivity contribution >= 4 is 39.7 Å². The number of nitrogens with zero attached hydrogens (tertiary/aromatic N) is 3. The van der Waals surface area contributed by atoms with E-state index in [0.29, 0.717) is 16.7 Å². The molecule has 0 saturated carbocycles. The topological polar surface area (TPSA) is 83.0 Å². The lowest BCUT2D eigenvalue weighted by atomic mass is 10.2. The van der Waals surface area contributed by atoms with Crippen LogP contribution >= 0.6 is 11.3 Å². The van der Waals surface area contributed by atoms with E-state index in [1.807, 2.05) is 41.8 Å². The van der Waals surface area contributed by atoms with Gasteiger partial charge in [0.25, 0.3) is 0 Å². The number of hydrogen-bond acceptors (Lipinski definition) is 6. The van der Waals surface area contributed by atoms with Crippen molar-refractivity contribution < 1.29 is 9.53 Å². The summed E-state index contributed by atoms with van der Waals surface area (Å²) in [6, 6.07) is 11.0. The Labute approximate surface area is 124 Å². The molecule has 0 saturated heterocycles. The van der Waals surface area contributed by atoms with E-state index < -0.39 is 5.97 Å². The predicted molar refractivity (Wildman–Crippen MR) is 81.2 cm³/mol. The first kappa shape index (κ1) is 13.3. The Bertz CT molecular complexity index is 820. The number of carbonyl (C=O) groups is 1. The molecule has 0 aliphatic carbocycles. The van der Waals surface area contributed by atoms with Crippen molar-refractivity contribution in [3.63, 3.8) is 0 Å². The summed E-state index contributed by atoms with van der Waals surface area (Å²) in [4.78, 5) is 12.9. The third-order valence-corrected chi connectivity index (χ3v) is 3.89. The van der Waals surface area contributed by atoms with Gasteiger partial charge in [-0.2, -0.15) is 0 Å². The maximum atomic E-state index is 12.1. The number of benzene rings is 1. The van der Waals surface area contributed by atoms with Crippen LogP contribution in [0.4, 0.5) is 0 Å². The van der Waals surface area contributed by atoms with E-state index in [-0.39, 0.29) is 5.70 Å². The minimum Gasteiger partial charge on any atom is -0.464 e. The first-order valence-corrected chi connectivity index (χ1v) is 7.03. The van der Waals surface area contributed by atoms with Gasteiger partial charge in [0.2, 0.25) is 0 Å². The molecule has 0 fully saturated rings. The van der Waals surface area contributed by atoms with Crippen LogP contribution in [-0.4, -0.2) is 28.1 Å². The summed E-state index contributed by atoms with van der Waals surface area (Å²) < 4.78 is 6.26. The van der Waals surface area contributed by atoms with E-state index in [1.54, 1.807) is 0 Å². The molecular weight excluding hydrogens is 288 g/mol. The predicted octanol–water partition coefficient (Wildman–Crippen LogP) is 1.95. The molecule has 0 bridgehead atoms. The van der Waals surface area contributed by atoms with Gasteiger partial charge in [0.05, 0.1) is 23.2 Å². The number of carbonyl (C=O) groups excluding carboxylic acids is 1. The number of esters is 1. The normalized spacial score (nSPS) is 12.2. The van der Waals surface area contributed by atoms with Crippen LogP contribution in [0.2, 0.25) is 0 Å². The fourth-order valence-electron chi connectivity index (χ4n) is 1.99. The summed E-state index contributed by atoms with van der Waals surface area (Å²) in [5.74, 6) is -0.559. The second-order valence-electron chi connectivity index (χ2n) is 4.22. The molecule has 0 spiro atoms. The van der Waals surface area contributed by atoms with Gasteiger partial charge in [0.15, 0.2) is 5.70 Å². The van der Waals surface area contributed by atoms with Crippen LogP contribution in [0.15, 0.2) is 41.8 Å². The SMILES string of the molecule is COC(=O)/C(=C(\N)c1cccs1)n1nnc2ccccc21. The summed E-state index contributed by atoms with van der Waals surface area (Å²) in [7, 11) is 1.31. The molecule has 21 heavy (non-hydrogen) atoms. The molecular formula is C14H12N4O2S. The maximum Gasteiger partial charge on any atom is 0.359 e. The summed E-state index contributed by atoms with van der Waals surface area (Å²) >= 11 is 1.44. The third-order valence-electron chi connectivity index (χ3n) is 2.98. The van der Waals surface area contributed by atoms with Gasteiger partial charge >= 0.3 is 5.97 Å². The number of nitrogens with two attached hydrogens (primary N) is 1. The number of rotatable bonds is 3. The first-order valence-electron chi connectivity index (χ1n) is 6.15. The van der Waals surface area contributed by atoms with Gasteiger partial charge in [-0.1, -0.05) is 23.4 Å². The molecule has 2 heterocycles. The van der Waals surface area contributed by atoms with Gasteiger partial charge in [-0.25, -0.2) is 9.48 Å². The number of aromatic nitrogens is 3. The van der Waals surface area contributed by atoms with E-state index in [0.717, 1.165) is 4.88 Å². The largest absolute Gasteiger partial charge is 0.464 e. The molecule has 0 aliphatic heterocycles. The lowest BCUT2D eigenvalue weighted by Gasteiger charge is -2.09. The molecule has 2 N–H and O–H groups in total. The van der Waals surface area contributed by atoms with Crippen LogP contribution in [0.5, 0.6) is 0 Å². The zero-order valence-corrected chi connectivity index (χ0v) is 12.0. The highest BCUT2D eigenvalue weighted by atomic mass is 32.1. The van der Waals surface area contributed by atoms with Gasteiger partial charge in [0, 0.05) is 0 Å². The number of thiophene rings is 1. The fourth-order valence-corrected chi connectivity index (χ4v) is 2.67. The van der Waals surface area contributed by atoms with Gasteiger partial charge in [-0.15, -0.1) is 16.4 Å². The maximum absolute atomic E-state index is 12.1. The molecule has 3 aromatic rings. The monoisotopic (exact) mass is 300 g/mol. The Kier molecular flexibility index (Phi) is 3.41. The highest BCUT2D eigenvalue weighted by Crippen LogP contribution is 2.24. The quantitative estimate of drug-likeness (QED) is 0.590. The number of para-hydroxylation sites is 1. The summed E-state index contributed by atoms with van der Waals surface area (Å²) in [5, 5.41) is 9.95. The molecule has 3 rings (SSSR count). The molecule has 0 radical (unpaired) electrons. The van der Waals surface area contributed by atoms with Crippen molar-refractivity contribution in [3.8, 4) is 0 Å². The number of methoxy groups -OCH3 is 1. The second kappa shape index (κ2) is 5.37. The van der Waals surface area contributed by atoms with Crippen molar-refractivity contribution in [3.05, 3.63) is 46.7 Å². The van der Waals surface area contributed by atoms with Crippen LogP contribution in [0, 0.1) is 0 Å². The van der Waals surface area contributed by atoms with Crippen molar-refractivity contribution in [2.75, 3.05) is 7.11 Å². The molecule has 6 nitrogen and oxygen atoms in total. The van der Waals surface area contributed by atoms with Gasteiger partial charge in [-0.05, 0) is 23.6 Å². The molecule has 1 aromatic carbocycles. The second-order valence-corrected chi connectivity index (χ2v) is 5.17. The van der Waals surface area contributed by atoms with E-state index in [1.165, 1.54) is 23.1 Å². The lowest BCUT2D eigenvalue weighted by Crippen LogP contribution is -2.17. The number of fused-ring (bicyclic) bond motifs is 1. The molecule has 2 aromatic heterocycles. The Hall–Kier alpha value is -2.67. The smallest absolute Gasteiger partial charge is 0.359 e. The summed E-state index contributed by atoms with van der Waals surface area (Å²) in [6.45, 7) is 0. The Morgan fingerprint density at radius 3 is 2.81 bits per heavy atom. The minimum absolute atomic E-state index is 0.161. The van der Waals surface area contributed by atoms with Gasteiger partial charge in [0.1, 0.15) is 5.52 Å². The van der Waals surface area contributed by atoms with Gasteiger partial charge < -0.3 is 10.5 Å². The van der Waals surface area contributed by atoms with E-state index in [2.05, 4.69) is 10.3 Å². The Morgan fingerprint density at radius 2 is 2.10 bits per heavy atom. The molecule has 7 heteroatoms. The van der Waals surface area contributed by atoms with E-state index >= 15 is 0 Å². The van der Waals surface area contributed by atoms with E-state index in [9.17, 15) is 4.79 Å². The van der Waals surface area contributed by atoms with Crippen molar-refractivity contribution in [1.29, 1.82) is 0 Å². The molecule has 0 amide bonds. The molecule has 0 unspecified atom stereocenters.